The van der Waals surface area contributed by atoms with Gasteiger partial charge in [0.05, 0.1) is 7.11 Å². The molecule has 0 saturated heterocycles. The molecule has 0 fully saturated rings. The largest absolute Gasteiger partial charge is 0.496 e. The molecule has 1 aromatic carbocycles. The smallest absolute Gasteiger partial charge is 0.123 e. The van der Waals surface area contributed by atoms with Crippen molar-refractivity contribution in [1.82, 2.24) is 10.6 Å². The number of halogens is 1. The van der Waals surface area contributed by atoms with Crippen molar-refractivity contribution in [1.29, 1.82) is 0 Å². The average Bonchev–Trinajstić information content (AvgIpc) is 2.29. The van der Waals surface area contributed by atoms with Crippen LogP contribution >= 0.6 is 0 Å². The van der Waals surface area contributed by atoms with Gasteiger partial charge in [-0.3, -0.25) is 0 Å². The number of hydrogen-bond donors (Lipinski definition) is 2. The molecule has 1 aromatic rings. The van der Waals surface area contributed by atoms with E-state index in [1.807, 2.05) is 7.05 Å². The highest BCUT2D eigenvalue weighted by atomic mass is 19.1. The third-order valence-corrected chi connectivity index (χ3v) is 2.76. The minimum atomic E-state index is -0.234. The van der Waals surface area contributed by atoms with Gasteiger partial charge >= 0.3 is 0 Å². The van der Waals surface area contributed by atoms with Gasteiger partial charge in [0, 0.05) is 24.2 Å². The molecule has 0 aliphatic carbocycles. The molecule has 1 rings (SSSR count). The zero-order valence-corrected chi connectivity index (χ0v) is 10.9. The summed E-state index contributed by atoms with van der Waals surface area (Å²) in [6, 6.07) is 4.63. The van der Waals surface area contributed by atoms with E-state index >= 15 is 0 Å². The van der Waals surface area contributed by atoms with Gasteiger partial charge in [-0.2, -0.15) is 0 Å². The second-order valence-corrected chi connectivity index (χ2v) is 4.69. The van der Waals surface area contributed by atoms with Crippen molar-refractivity contribution in [2.75, 3.05) is 27.4 Å². The van der Waals surface area contributed by atoms with Gasteiger partial charge in [0.2, 0.25) is 0 Å². The van der Waals surface area contributed by atoms with Crippen LogP contribution in [0.2, 0.25) is 0 Å². The highest BCUT2D eigenvalue weighted by molar-refractivity contribution is 5.39. The molecule has 0 radical (unpaired) electrons. The summed E-state index contributed by atoms with van der Waals surface area (Å²) in [5, 5.41) is 6.27. The van der Waals surface area contributed by atoms with Crippen LogP contribution in [0.25, 0.3) is 0 Å². The third kappa shape index (κ3) is 3.68. The number of benzene rings is 1. The zero-order chi connectivity index (χ0) is 12.9. The molecule has 0 aliphatic rings. The minimum absolute atomic E-state index is 0.190. The first-order chi connectivity index (χ1) is 8.01. The van der Waals surface area contributed by atoms with Gasteiger partial charge in [-0.05, 0) is 25.2 Å². The van der Waals surface area contributed by atoms with Crippen LogP contribution in [0.3, 0.4) is 0 Å². The van der Waals surface area contributed by atoms with Crippen LogP contribution in [-0.4, -0.2) is 27.4 Å². The predicted molar refractivity (Wildman–Crippen MR) is 67.9 cm³/mol. The quantitative estimate of drug-likeness (QED) is 0.588. The first-order valence-corrected chi connectivity index (χ1v) is 5.70. The van der Waals surface area contributed by atoms with Gasteiger partial charge in [0.1, 0.15) is 11.6 Å². The summed E-state index contributed by atoms with van der Waals surface area (Å²) >= 11 is 0. The third-order valence-electron chi connectivity index (χ3n) is 2.76. The molecule has 0 amide bonds. The lowest BCUT2D eigenvalue weighted by atomic mass is 9.84. The van der Waals surface area contributed by atoms with Crippen molar-refractivity contribution in [2.45, 2.75) is 19.3 Å². The Bertz CT molecular complexity index is 366. The van der Waals surface area contributed by atoms with Crippen molar-refractivity contribution in [3.63, 3.8) is 0 Å². The molecule has 4 heteroatoms. The van der Waals surface area contributed by atoms with Crippen molar-refractivity contribution >= 4 is 0 Å². The summed E-state index contributed by atoms with van der Waals surface area (Å²) in [5.74, 6) is 0.491. The molecule has 0 aromatic heterocycles. The molecule has 0 bridgehead atoms. The van der Waals surface area contributed by atoms with E-state index in [0.717, 1.165) is 24.5 Å². The van der Waals surface area contributed by atoms with Crippen LogP contribution in [0.5, 0.6) is 5.75 Å². The maximum absolute atomic E-state index is 13.3. The summed E-state index contributed by atoms with van der Waals surface area (Å²) in [4.78, 5) is 0. The van der Waals surface area contributed by atoms with Gasteiger partial charge in [-0.25, -0.2) is 4.39 Å². The molecular formula is C13H21FN2O. The Morgan fingerprint density at radius 2 is 2.06 bits per heavy atom. The van der Waals surface area contributed by atoms with Gasteiger partial charge in [-0.15, -0.1) is 0 Å². The Balaban J connectivity index is 2.91. The number of ether oxygens (including phenoxy) is 1. The van der Waals surface area contributed by atoms with Gasteiger partial charge in [0.15, 0.2) is 0 Å². The number of hydrogen-bond acceptors (Lipinski definition) is 3. The highest BCUT2D eigenvalue weighted by Gasteiger charge is 2.24. The Labute approximate surface area is 102 Å². The van der Waals surface area contributed by atoms with E-state index in [4.69, 9.17) is 4.74 Å². The van der Waals surface area contributed by atoms with E-state index < -0.39 is 0 Å². The Kier molecular flexibility index (Phi) is 4.90. The first kappa shape index (κ1) is 13.9. The number of methoxy groups -OCH3 is 1. The van der Waals surface area contributed by atoms with Gasteiger partial charge < -0.3 is 15.4 Å². The van der Waals surface area contributed by atoms with E-state index in [9.17, 15) is 4.39 Å². The van der Waals surface area contributed by atoms with E-state index in [2.05, 4.69) is 24.5 Å². The molecule has 0 atom stereocenters. The van der Waals surface area contributed by atoms with Crippen LogP contribution in [0.1, 0.15) is 19.4 Å². The lowest BCUT2D eigenvalue weighted by Crippen LogP contribution is -2.37. The fourth-order valence-electron chi connectivity index (χ4n) is 1.80. The molecule has 3 nitrogen and oxygen atoms in total. The van der Waals surface area contributed by atoms with Crippen LogP contribution in [0.15, 0.2) is 18.2 Å². The van der Waals surface area contributed by atoms with Gasteiger partial charge in [-0.1, -0.05) is 13.8 Å². The predicted octanol–water partition coefficient (Wildman–Crippen LogP) is 1.88. The summed E-state index contributed by atoms with van der Waals surface area (Å²) in [6.45, 7) is 5.59. The molecule has 0 aliphatic heterocycles. The summed E-state index contributed by atoms with van der Waals surface area (Å²) in [6.07, 6.45) is 0. The summed E-state index contributed by atoms with van der Waals surface area (Å²) in [5.41, 5.74) is 0.688. The summed E-state index contributed by atoms with van der Waals surface area (Å²) in [7, 11) is 3.48. The van der Waals surface area contributed by atoms with Crippen molar-refractivity contribution < 1.29 is 9.13 Å². The minimum Gasteiger partial charge on any atom is -0.496 e. The second-order valence-electron chi connectivity index (χ2n) is 4.69. The standard InChI is InChI=1S/C13H21FN2O/c1-13(2,8-16-9-15-3)11-7-10(14)5-6-12(11)17-4/h5-7,15-16H,8-9H2,1-4H3. The number of nitrogens with one attached hydrogen (secondary N) is 2. The Morgan fingerprint density at radius 1 is 1.35 bits per heavy atom. The van der Waals surface area contributed by atoms with Crippen LogP contribution < -0.4 is 15.4 Å². The maximum Gasteiger partial charge on any atom is 0.123 e. The van der Waals surface area contributed by atoms with Crippen molar-refractivity contribution in [2.24, 2.45) is 0 Å². The fourth-order valence-corrected chi connectivity index (χ4v) is 1.80. The second kappa shape index (κ2) is 5.98. The fraction of sp³-hybridized carbons (Fsp3) is 0.538. The van der Waals surface area contributed by atoms with Crippen LogP contribution in [0.4, 0.5) is 4.39 Å². The molecule has 96 valence electrons. The number of rotatable bonds is 6. The molecule has 17 heavy (non-hydrogen) atoms. The van der Waals surface area contributed by atoms with Crippen LogP contribution in [-0.2, 0) is 5.41 Å². The molecule has 0 unspecified atom stereocenters. The molecule has 0 heterocycles. The Hall–Kier alpha value is -1.13. The topological polar surface area (TPSA) is 33.3 Å². The first-order valence-electron chi connectivity index (χ1n) is 5.70. The van der Waals surface area contributed by atoms with E-state index in [-0.39, 0.29) is 11.2 Å². The lowest BCUT2D eigenvalue weighted by molar-refractivity contribution is 0.382. The van der Waals surface area contributed by atoms with Crippen LogP contribution in [0, 0.1) is 5.82 Å². The normalized spacial score (nSPS) is 11.6. The Morgan fingerprint density at radius 3 is 2.65 bits per heavy atom. The monoisotopic (exact) mass is 240 g/mol. The average molecular weight is 240 g/mol. The SMILES string of the molecule is CNCNCC(C)(C)c1cc(F)ccc1OC. The highest BCUT2D eigenvalue weighted by Crippen LogP contribution is 2.31. The lowest BCUT2D eigenvalue weighted by Gasteiger charge is -2.27. The van der Waals surface area contributed by atoms with E-state index in [1.54, 1.807) is 19.2 Å². The van der Waals surface area contributed by atoms with Crippen molar-refractivity contribution in [3.05, 3.63) is 29.6 Å². The molecule has 0 saturated carbocycles. The van der Waals surface area contributed by atoms with Crippen molar-refractivity contribution in [3.8, 4) is 5.75 Å². The summed E-state index contributed by atoms with van der Waals surface area (Å²) < 4.78 is 18.6. The van der Waals surface area contributed by atoms with E-state index in [1.165, 1.54) is 6.07 Å². The molecular weight excluding hydrogens is 219 g/mol. The zero-order valence-electron chi connectivity index (χ0n) is 10.9. The molecule has 0 spiro atoms. The van der Waals surface area contributed by atoms with Gasteiger partial charge in [0.25, 0.3) is 0 Å². The molecule has 2 N–H and O–H groups in total. The van der Waals surface area contributed by atoms with E-state index in [0.29, 0.717) is 0 Å². The maximum atomic E-state index is 13.3.